The molecule has 3 fully saturated rings. The zero-order valence-electron chi connectivity index (χ0n) is 18.7. The van der Waals surface area contributed by atoms with Gasteiger partial charge >= 0.3 is 0 Å². The van der Waals surface area contributed by atoms with Gasteiger partial charge in [0.25, 0.3) is 0 Å². The first-order valence-corrected chi connectivity index (χ1v) is 12.0. The molecule has 3 aromatic rings. The van der Waals surface area contributed by atoms with Gasteiger partial charge in [-0.25, -0.2) is 4.52 Å². The second-order valence-corrected chi connectivity index (χ2v) is 9.41. The molecule has 3 aromatic heterocycles. The van der Waals surface area contributed by atoms with Crippen molar-refractivity contribution in [1.82, 2.24) is 29.2 Å². The number of amides is 1. The van der Waals surface area contributed by atoms with E-state index in [1.165, 1.54) is 5.69 Å². The Morgan fingerprint density at radius 3 is 2.62 bits per heavy atom. The first-order chi connectivity index (χ1) is 15.7. The molecule has 2 saturated heterocycles. The Hall–Kier alpha value is -2.87. The standard InChI is InChI=1S/C24H31N7O/c1-2-27-8-6-21(17-27)30-16-20(14-26-30)19-13-23-22(5-7-25-31(23)15-19)28-9-11-29(12-10-28)24(32)18-3-4-18/h5,7,13-16,18,21H,2-4,6,8-12,17H2,1H3. The Morgan fingerprint density at radius 1 is 1.03 bits per heavy atom. The molecule has 32 heavy (non-hydrogen) atoms. The summed E-state index contributed by atoms with van der Waals surface area (Å²) >= 11 is 0. The minimum atomic E-state index is 0.303. The van der Waals surface area contributed by atoms with Crippen LogP contribution in [0.2, 0.25) is 0 Å². The van der Waals surface area contributed by atoms with E-state index >= 15 is 0 Å². The monoisotopic (exact) mass is 433 g/mol. The number of rotatable bonds is 5. The van der Waals surface area contributed by atoms with E-state index in [0.29, 0.717) is 17.9 Å². The number of aromatic nitrogens is 4. The maximum atomic E-state index is 12.4. The number of hydrogen-bond donors (Lipinski definition) is 0. The minimum Gasteiger partial charge on any atom is -0.366 e. The van der Waals surface area contributed by atoms with Gasteiger partial charge in [-0.3, -0.25) is 9.48 Å². The van der Waals surface area contributed by atoms with Crippen molar-refractivity contribution < 1.29 is 4.79 Å². The lowest BCUT2D eigenvalue weighted by Crippen LogP contribution is -2.49. The van der Waals surface area contributed by atoms with E-state index in [-0.39, 0.29) is 0 Å². The second kappa shape index (κ2) is 7.92. The van der Waals surface area contributed by atoms with Crippen molar-refractivity contribution in [2.75, 3.05) is 50.7 Å². The molecular formula is C24H31N7O. The molecule has 1 aliphatic carbocycles. The molecule has 0 radical (unpaired) electrons. The van der Waals surface area contributed by atoms with E-state index in [1.807, 2.05) is 21.8 Å². The third kappa shape index (κ3) is 3.56. The highest BCUT2D eigenvalue weighted by atomic mass is 16.2. The molecular weight excluding hydrogens is 402 g/mol. The lowest BCUT2D eigenvalue weighted by molar-refractivity contribution is -0.132. The average Bonchev–Trinajstić information content (AvgIpc) is 3.21. The van der Waals surface area contributed by atoms with Crippen LogP contribution in [-0.4, -0.2) is 80.9 Å². The van der Waals surface area contributed by atoms with Crippen molar-refractivity contribution in [2.45, 2.75) is 32.2 Å². The van der Waals surface area contributed by atoms with E-state index in [1.54, 1.807) is 0 Å². The Bertz CT molecular complexity index is 1120. The van der Waals surface area contributed by atoms with E-state index in [9.17, 15) is 4.79 Å². The Kier molecular flexibility index (Phi) is 4.90. The smallest absolute Gasteiger partial charge is 0.225 e. The van der Waals surface area contributed by atoms with Crippen LogP contribution in [-0.2, 0) is 4.79 Å². The maximum Gasteiger partial charge on any atom is 0.225 e. The van der Waals surface area contributed by atoms with Gasteiger partial charge in [-0.1, -0.05) is 6.92 Å². The van der Waals surface area contributed by atoms with Gasteiger partial charge in [0.2, 0.25) is 5.91 Å². The number of fused-ring (bicyclic) bond motifs is 1. The fourth-order valence-corrected chi connectivity index (χ4v) is 5.18. The summed E-state index contributed by atoms with van der Waals surface area (Å²) in [7, 11) is 0. The molecule has 168 valence electrons. The highest BCUT2D eigenvalue weighted by Crippen LogP contribution is 2.33. The van der Waals surface area contributed by atoms with Crippen LogP contribution in [0.4, 0.5) is 5.69 Å². The van der Waals surface area contributed by atoms with E-state index in [2.05, 4.69) is 56.1 Å². The van der Waals surface area contributed by atoms with Gasteiger partial charge in [0.05, 0.1) is 23.4 Å². The lowest BCUT2D eigenvalue weighted by Gasteiger charge is -2.36. The zero-order valence-corrected chi connectivity index (χ0v) is 18.7. The first-order valence-electron chi connectivity index (χ1n) is 12.0. The highest BCUT2D eigenvalue weighted by molar-refractivity contribution is 5.82. The Labute approximate surface area is 188 Å². The number of likely N-dealkylation sites (N-methyl/N-ethyl adjacent to an activating group) is 1. The summed E-state index contributed by atoms with van der Waals surface area (Å²) in [5, 5.41) is 9.24. The zero-order chi connectivity index (χ0) is 21.7. The normalized spacial score (nSPS) is 22.2. The Balaban J connectivity index is 1.21. The molecule has 8 heteroatoms. The topological polar surface area (TPSA) is 61.9 Å². The van der Waals surface area contributed by atoms with Gasteiger partial charge < -0.3 is 14.7 Å². The highest BCUT2D eigenvalue weighted by Gasteiger charge is 2.34. The fraction of sp³-hybridized carbons (Fsp3) is 0.542. The third-order valence-electron chi connectivity index (χ3n) is 7.35. The predicted molar refractivity (Wildman–Crippen MR) is 124 cm³/mol. The third-order valence-corrected chi connectivity index (χ3v) is 7.35. The Morgan fingerprint density at radius 2 is 1.88 bits per heavy atom. The van der Waals surface area contributed by atoms with Gasteiger partial charge in [-0.15, -0.1) is 0 Å². The van der Waals surface area contributed by atoms with Crippen LogP contribution in [0.5, 0.6) is 0 Å². The average molecular weight is 434 g/mol. The van der Waals surface area contributed by atoms with Crippen LogP contribution in [0, 0.1) is 5.92 Å². The quantitative estimate of drug-likeness (QED) is 0.619. The van der Waals surface area contributed by atoms with Crippen molar-refractivity contribution in [3.05, 3.63) is 36.9 Å². The molecule has 1 amide bonds. The summed E-state index contributed by atoms with van der Waals surface area (Å²) in [4.78, 5) is 19.3. The molecule has 5 heterocycles. The first kappa shape index (κ1) is 19.8. The molecule has 8 nitrogen and oxygen atoms in total. The molecule has 3 aliphatic rings. The molecule has 1 saturated carbocycles. The van der Waals surface area contributed by atoms with Crippen LogP contribution in [0.25, 0.3) is 16.6 Å². The molecule has 0 N–H and O–H groups in total. The minimum absolute atomic E-state index is 0.303. The molecule has 6 rings (SSSR count). The largest absolute Gasteiger partial charge is 0.366 e. The van der Waals surface area contributed by atoms with Crippen LogP contribution < -0.4 is 4.90 Å². The van der Waals surface area contributed by atoms with Gasteiger partial charge in [-0.2, -0.15) is 10.2 Å². The predicted octanol–water partition coefficient (Wildman–Crippen LogP) is 2.52. The van der Waals surface area contributed by atoms with Crippen molar-refractivity contribution in [3.63, 3.8) is 0 Å². The van der Waals surface area contributed by atoms with Gasteiger partial charge in [0.1, 0.15) is 0 Å². The van der Waals surface area contributed by atoms with E-state index < -0.39 is 0 Å². The fourth-order valence-electron chi connectivity index (χ4n) is 5.18. The van der Waals surface area contributed by atoms with Crippen molar-refractivity contribution in [1.29, 1.82) is 0 Å². The number of hydrogen-bond acceptors (Lipinski definition) is 5. The van der Waals surface area contributed by atoms with Crippen LogP contribution in [0.15, 0.2) is 36.9 Å². The number of carbonyl (C=O) groups excluding carboxylic acids is 1. The molecule has 1 unspecified atom stereocenters. The summed E-state index contributed by atoms with van der Waals surface area (Å²) in [5.74, 6) is 0.661. The molecule has 0 bridgehead atoms. The SMILES string of the molecule is CCN1CCC(n2cc(-c3cc4c(N5CCN(C(=O)C6CC6)CC5)ccnn4c3)cn2)C1. The summed E-state index contributed by atoms with van der Waals surface area (Å²) in [6.07, 6.45) is 11.4. The van der Waals surface area contributed by atoms with E-state index in [4.69, 9.17) is 0 Å². The second-order valence-electron chi connectivity index (χ2n) is 9.41. The molecule has 0 spiro atoms. The number of likely N-dealkylation sites (tertiary alicyclic amines) is 1. The summed E-state index contributed by atoms with van der Waals surface area (Å²) in [5.41, 5.74) is 4.57. The van der Waals surface area contributed by atoms with Crippen LogP contribution in [0.3, 0.4) is 0 Å². The summed E-state index contributed by atoms with van der Waals surface area (Å²) < 4.78 is 4.11. The maximum absolute atomic E-state index is 12.4. The molecule has 0 aromatic carbocycles. The van der Waals surface area contributed by atoms with Crippen LogP contribution in [0.1, 0.15) is 32.2 Å². The van der Waals surface area contributed by atoms with Gasteiger partial charge in [0, 0.05) is 74.9 Å². The van der Waals surface area contributed by atoms with Gasteiger partial charge in [-0.05, 0) is 37.9 Å². The number of carbonyl (C=O) groups is 1. The van der Waals surface area contributed by atoms with Crippen molar-refractivity contribution >= 4 is 17.1 Å². The molecule has 1 atom stereocenters. The van der Waals surface area contributed by atoms with Crippen molar-refractivity contribution in [2.24, 2.45) is 5.92 Å². The van der Waals surface area contributed by atoms with Crippen LogP contribution >= 0.6 is 0 Å². The summed E-state index contributed by atoms with van der Waals surface area (Å²) in [6, 6.07) is 4.78. The summed E-state index contributed by atoms with van der Waals surface area (Å²) in [6.45, 7) is 8.90. The van der Waals surface area contributed by atoms with Crippen molar-refractivity contribution in [3.8, 4) is 11.1 Å². The number of nitrogens with zero attached hydrogens (tertiary/aromatic N) is 7. The molecule has 2 aliphatic heterocycles. The van der Waals surface area contributed by atoms with Gasteiger partial charge in [0.15, 0.2) is 0 Å². The van der Waals surface area contributed by atoms with E-state index in [0.717, 1.165) is 81.7 Å². The number of anilines is 1. The number of piperazine rings is 1. The lowest BCUT2D eigenvalue weighted by atomic mass is 10.2.